The van der Waals surface area contributed by atoms with Crippen molar-refractivity contribution in [3.8, 4) is 0 Å². The van der Waals surface area contributed by atoms with Gasteiger partial charge in [0.2, 0.25) is 0 Å². The smallest absolute Gasteiger partial charge is 0.0644 e. The maximum atomic E-state index is 9.73. The topological polar surface area (TPSA) is 46.0 Å². The van der Waals surface area contributed by atoms with Gasteiger partial charge in [-0.25, -0.2) is 0 Å². The van der Waals surface area contributed by atoms with Crippen LogP contribution in [0.3, 0.4) is 0 Å². The van der Waals surface area contributed by atoms with Crippen LogP contribution in [0.25, 0.3) is 0 Å². The highest BCUT2D eigenvalue weighted by atomic mass is 16.3. The number of aromatic nitrogens is 2. The van der Waals surface area contributed by atoms with Crippen LogP contribution in [-0.4, -0.2) is 21.2 Å². The number of rotatable bonds is 3. The van der Waals surface area contributed by atoms with Gasteiger partial charge in [0.1, 0.15) is 0 Å². The molecule has 0 aromatic carbocycles. The van der Waals surface area contributed by atoms with Crippen molar-refractivity contribution in [2.75, 3.05) is 0 Å². The van der Waals surface area contributed by atoms with E-state index in [-0.39, 0.29) is 12.0 Å². The van der Waals surface area contributed by atoms with E-state index in [9.17, 15) is 5.11 Å². The Morgan fingerprint density at radius 2 is 2.00 bits per heavy atom. The molecule has 0 amide bonds. The fraction of sp³-hybridized carbons (Fsp3) is 0.636. The lowest BCUT2D eigenvalue weighted by Gasteiger charge is -2.14. The lowest BCUT2D eigenvalue weighted by molar-refractivity contribution is 0.124. The normalized spacial score (nSPS) is 13.3. The lowest BCUT2D eigenvalue weighted by Crippen LogP contribution is -2.19. The second-order valence-electron chi connectivity index (χ2n) is 4.06. The average Bonchev–Trinajstić information content (AvgIpc) is 2.11. The molecule has 0 spiro atoms. The van der Waals surface area contributed by atoms with Crippen LogP contribution < -0.4 is 0 Å². The van der Waals surface area contributed by atoms with E-state index in [0.717, 1.165) is 17.1 Å². The van der Waals surface area contributed by atoms with E-state index >= 15 is 0 Å². The van der Waals surface area contributed by atoms with Crippen LogP contribution in [0.5, 0.6) is 0 Å². The Morgan fingerprint density at radius 1 is 1.36 bits per heavy atom. The average molecular weight is 194 g/mol. The van der Waals surface area contributed by atoms with E-state index in [1.165, 1.54) is 0 Å². The van der Waals surface area contributed by atoms with Crippen molar-refractivity contribution in [1.29, 1.82) is 0 Å². The predicted octanol–water partition coefficient (Wildman–Crippen LogP) is 1.65. The summed E-state index contributed by atoms with van der Waals surface area (Å²) in [5.74, 6) is 0.261. The molecule has 78 valence electrons. The lowest BCUT2D eigenvalue weighted by atomic mass is 10.0. The fourth-order valence-electron chi connectivity index (χ4n) is 1.21. The van der Waals surface area contributed by atoms with Crippen LogP contribution in [0.2, 0.25) is 0 Å². The highest BCUT2D eigenvalue weighted by Gasteiger charge is 2.13. The van der Waals surface area contributed by atoms with E-state index in [1.54, 1.807) is 6.20 Å². The van der Waals surface area contributed by atoms with E-state index in [4.69, 9.17) is 0 Å². The monoisotopic (exact) mass is 194 g/mol. The van der Waals surface area contributed by atoms with Crippen molar-refractivity contribution < 1.29 is 5.11 Å². The summed E-state index contributed by atoms with van der Waals surface area (Å²) in [7, 11) is 0. The summed E-state index contributed by atoms with van der Waals surface area (Å²) < 4.78 is 0. The summed E-state index contributed by atoms with van der Waals surface area (Å²) in [5.41, 5.74) is 2.73. The van der Waals surface area contributed by atoms with Gasteiger partial charge in [-0.3, -0.25) is 9.97 Å². The van der Waals surface area contributed by atoms with Gasteiger partial charge in [-0.1, -0.05) is 13.8 Å². The number of nitrogens with zero attached hydrogens (tertiary/aromatic N) is 2. The van der Waals surface area contributed by atoms with Gasteiger partial charge in [0.05, 0.1) is 23.2 Å². The molecule has 14 heavy (non-hydrogen) atoms. The maximum absolute atomic E-state index is 9.73. The van der Waals surface area contributed by atoms with Crippen molar-refractivity contribution in [3.63, 3.8) is 0 Å². The largest absolute Gasteiger partial charge is 0.392 e. The minimum atomic E-state index is -0.329. The zero-order chi connectivity index (χ0) is 10.7. The summed E-state index contributed by atoms with van der Waals surface area (Å²) in [6.45, 7) is 7.85. The Kier molecular flexibility index (Phi) is 3.58. The molecule has 1 aromatic heterocycles. The Balaban J connectivity index is 2.80. The highest BCUT2D eigenvalue weighted by molar-refractivity contribution is 5.12. The summed E-state index contributed by atoms with van der Waals surface area (Å²) in [4.78, 5) is 8.59. The first kappa shape index (κ1) is 11.1. The molecular weight excluding hydrogens is 176 g/mol. The molecule has 0 bridgehead atoms. The molecule has 0 aliphatic rings. The quantitative estimate of drug-likeness (QED) is 0.795. The SMILES string of the molecule is Cc1cnc(C)c(CC(O)C(C)C)n1. The molecule has 0 saturated carbocycles. The molecule has 1 N–H and O–H groups in total. The highest BCUT2D eigenvalue weighted by Crippen LogP contribution is 2.10. The number of aliphatic hydroxyl groups is 1. The molecule has 0 aliphatic carbocycles. The molecule has 1 heterocycles. The predicted molar refractivity (Wildman–Crippen MR) is 56.1 cm³/mol. The second-order valence-corrected chi connectivity index (χ2v) is 4.06. The number of aliphatic hydroxyl groups excluding tert-OH is 1. The van der Waals surface area contributed by atoms with Gasteiger partial charge < -0.3 is 5.11 Å². The Labute approximate surface area is 85.2 Å². The Bertz CT molecular complexity index is 310. The molecule has 0 fully saturated rings. The van der Waals surface area contributed by atoms with E-state index < -0.39 is 0 Å². The van der Waals surface area contributed by atoms with Crippen LogP contribution >= 0.6 is 0 Å². The van der Waals surface area contributed by atoms with Gasteiger partial charge in [-0.2, -0.15) is 0 Å². The summed E-state index contributed by atoms with van der Waals surface area (Å²) in [6.07, 6.45) is 2.02. The van der Waals surface area contributed by atoms with Gasteiger partial charge >= 0.3 is 0 Å². The molecule has 0 aliphatic heterocycles. The maximum Gasteiger partial charge on any atom is 0.0644 e. The van der Waals surface area contributed by atoms with Crippen LogP contribution in [-0.2, 0) is 6.42 Å². The summed E-state index contributed by atoms with van der Waals surface area (Å²) in [5, 5.41) is 9.73. The second kappa shape index (κ2) is 4.51. The Hall–Kier alpha value is -0.960. The first-order valence-electron chi connectivity index (χ1n) is 4.98. The zero-order valence-corrected chi connectivity index (χ0v) is 9.28. The number of hydrogen-bond donors (Lipinski definition) is 1. The fourth-order valence-corrected chi connectivity index (χ4v) is 1.21. The van der Waals surface area contributed by atoms with Gasteiger partial charge in [-0.05, 0) is 19.8 Å². The number of hydrogen-bond acceptors (Lipinski definition) is 3. The third-order valence-electron chi connectivity index (χ3n) is 2.35. The molecule has 1 atom stereocenters. The van der Waals surface area contributed by atoms with Crippen molar-refractivity contribution >= 4 is 0 Å². The van der Waals surface area contributed by atoms with Crippen molar-refractivity contribution in [2.24, 2.45) is 5.92 Å². The molecule has 0 radical (unpaired) electrons. The van der Waals surface area contributed by atoms with Gasteiger partial charge in [0.25, 0.3) is 0 Å². The summed E-state index contributed by atoms with van der Waals surface area (Å²) >= 11 is 0. The third kappa shape index (κ3) is 2.77. The van der Waals surface area contributed by atoms with Crippen LogP contribution in [0.1, 0.15) is 30.9 Å². The van der Waals surface area contributed by atoms with E-state index in [0.29, 0.717) is 6.42 Å². The molecule has 3 nitrogen and oxygen atoms in total. The van der Waals surface area contributed by atoms with Gasteiger partial charge in [0, 0.05) is 12.6 Å². The molecule has 1 aromatic rings. The molecule has 3 heteroatoms. The molecule has 1 unspecified atom stereocenters. The summed E-state index contributed by atoms with van der Waals surface area (Å²) in [6, 6.07) is 0. The Morgan fingerprint density at radius 3 is 2.57 bits per heavy atom. The zero-order valence-electron chi connectivity index (χ0n) is 9.28. The van der Waals surface area contributed by atoms with E-state index in [2.05, 4.69) is 9.97 Å². The molecule has 0 saturated heterocycles. The van der Waals surface area contributed by atoms with Crippen LogP contribution in [0.4, 0.5) is 0 Å². The van der Waals surface area contributed by atoms with Crippen LogP contribution in [0, 0.1) is 19.8 Å². The van der Waals surface area contributed by atoms with Crippen molar-refractivity contribution in [3.05, 3.63) is 23.3 Å². The first-order chi connectivity index (χ1) is 6.50. The van der Waals surface area contributed by atoms with Crippen LogP contribution in [0.15, 0.2) is 6.20 Å². The minimum Gasteiger partial charge on any atom is -0.392 e. The minimum absolute atomic E-state index is 0.261. The van der Waals surface area contributed by atoms with E-state index in [1.807, 2.05) is 27.7 Å². The molecule has 1 rings (SSSR count). The van der Waals surface area contributed by atoms with Gasteiger partial charge in [0.15, 0.2) is 0 Å². The van der Waals surface area contributed by atoms with Crippen molar-refractivity contribution in [2.45, 2.75) is 40.2 Å². The van der Waals surface area contributed by atoms with Gasteiger partial charge in [-0.15, -0.1) is 0 Å². The molecular formula is C11H18N2O. The first-order valence-corrected chi connectivity index (χ1v) is 4.98. The number of aryl methyl sites for hydroxylation is 2. The standard InChI is InChI=1S/C11H18N2O/c1-7(2)11(14)5-10-9(4)12-6-8(3)13-10/h6-7,11,14H,5H2,1-4H3. The third-order valence-corrected chi connectivity index (χ3v) is 2.35. The van der Waals surface area contributed by atoms with Crippen molar-refractivity contribution in [1.82, 2.24) is 9.97 Å².